The second-order valence-corrected chi connectivity index (χ2v) is 9.84. The molecule has 5 nitrogen and oxygen atoms in total. The zero-order valence-electron chi connectivity index (χ0n) is 15.0. The number of nitrogens with one attached hydrogen (secondary N) is 1. The molecule has 0 aliphatic rings. The van der Waals surface area contributed by atoms with Gasteiger partial charge >= 0.3 is 0 Å². The van der Waals surface area contributed by atoms with Gasteiger partial charge in [0.05, 0.1) is 0 Å². The molecule has 23 heavy (non-hydrogen) atoms. The van der Waals surface area contributed by atoms with E-state index in [0.717, 1.165) is 19.1 Å². The summed E-state index contributed by atoms with van der Waals surface area (Å²) < 4.78 is 27.9. The van der Waals surface area contributed by atoms with Crippen molar-refractivity contribution in [2.24, 2.45) is 11.3 Å². The van der Waals surface area contributed by atoms with Crippen LogP contribution < -0.4 is 5.32 Å². The Kier molecular flexibility index (Phi) is 6.45. The summed E-state index contributed by atoms with van der Waals surface area (Å²) in [5.41, 5.74) is -0.0628. The van der Waals surface area contributed by atoms with E-state index in [1.165, 1.54) is 12.1 Å². The van der Waals surface area contributed by atoms with Gasteiger partial charge in [0.2, 0.25) is 0 Å². The third kappa shape index (κ3) is 7.20. The average molecular weight is 343 g/mol. The summed E-state index contributed by atoms with van der Waals surface area (Å²) >= 11 is 0. The molecular weight excluding hydrogens is 314 g/mol. The second-order valence-electron chi connectivity index (χ2n) is 7.70. The third-order valence-corrected chi connectivity index (χ3v) is 4.48. The number of sulfone groups is 1. The van der Waals surface area contributed by atoms with Crippen LogP contribution in [0.4, 0.5) is 0 Å². The molecule has 0 fully saturated rings. The van der Waals surface area contributed by atoms with Crippen molar-refractivity contribution >= 4 is 15.7 Å². The highest BCUT2D eigenvalue weighted by Gasteiger charge is 2.27. The van der Waals surface area contributed by atoms with E-state index in [-0.39, 0.29) is 34.6 Å². The smallest absolute Gasteiger partial charge is 0.287 e. The van der Waals surface area contributed by atoms with Gasteiger partial charge in [0.15, 0.2) is 15.6 Å². The topological polar surface area (TPSA) is 76.4 Å². The largest absolute Gasteiger partial charge is 0.455 e. The first-order chi connectivity index (χ1) is 10.4. The van der Waals surface area contributed by atoms with E-state index in [1.807, 2.05) is 0 Å². The number of carbonyl (C=O) groups is 1. The average Bonchev–Trinajstić information content (AvgIpc) is 2.78. The van der Waals surface area contributed by atoms with Gasteiger partial charge in [-0.3, -0.25) is 4.79 Å². The molecule has 1 N–H and O–H groups in total. The summed E-state index contributed by atoms with van der Waals surface area (Å²) in [5, 5.41) is 3.02. The molecule has 132 valence electrons. The SMILES string of the molecule is CC(C)CCC(NC(=O)c1ccc(CS(C)(=O)=O)o1)C(C)(C)C. The lowest BCUT2D eigenvalue weighted by molar-refractivity contribution is 0.0864. The Bertz CT molecular complexity index is 623. The van der Waals surface area contributed by atoms with Crippen LogP contribution in [-0.4, -0.2) is 26.6 Å². The Morgan fingerprint density at radius 3 is 2.30 bits per heavy atom. The van der Waals surface area contributed by atoms with E-state index in [0.29, 0.717) is 5.92 Å². The lowest BCUT2D eigenvalue weighted by Crippen LogP contribution is -2.43. The van der Waals surface area contributed by atoms with Crippen molar-refractivity contribution in [3.05, 3.63) is 23.7 Å². The maximum atomic E-state index is 12.4. The molecule has 0 spiro atoms. The summed E-state index contributed by atoms with van der Waals surface area (Å²) in [7, 11) is -3.18. The number of carbonyl (C=O) groups excluding carboxylic acids is 1. The van der Waals surface area contributed by atoms with E-state index in [4.69, 9.17) is 4.42 Å². The van der Waals surface area contributed by atoms with E-state index in [1.54, 1.807) is 0 Å². The predicted molar refractivity (Wildman–Crippen MR) is 92.0 cm³/mol. The first-order valence-corrected chi connectivity index (χ1v) is 10.0. The van der Waals surface area contributed by atoms with Gasteiger partial charge in [-0.25, -0.2) is 8.42 Å². The molecule has 0 saturated carbocycles. The molecule has 0 radical (unpaired) electrons. The van der Waals surface area contributed by atoms with Crippen molar-refractivity contribution in [2.75, 3.05) is 6.26 Å². The number of furan rings is 1. The van der Waals surface area contributed by atoms with Gasteiger partial charge < -0.3 is 9.73 Å². The Balaban J connectivity index is 2.79. The van der Waals surface area contributed by atoms with Crippen molar-refractivity contribution in [2.45, 2.75) is 59.3 Å². The summed E-state index contributed by atoms with van der Waals surface area (Å²) in [6.45, 7) is 10.6. The van der Waals surface area contributed by atoms with Crippen molar-refractivity contribution in [1.29, 1.82) is 0 Å². The molecule has 1 aromatic heterocycles. The minimum atomic E-state index is -3.18. The van der Waals surface area contributed by atoms with Crippen LogP contribution in [0.3, 0.4) is 0 Å². The highest BCUT2D eigenvalue weighted by Crippen LogP contribution is 2.25. The monoisotopic (exact) mass is 343 g/mol. The van der Waals surface area contributed by atoms with Crippen molar-refractivity contribution in [1.82, 2.24) is 5.32 Å². The third-order valence-electron chi connectivity index (χ3n) is 3.67. The lowest BCUT2D eigenvalue weighted by Gasteiger charge is -2.31. The van der Waals surface area contributed by atoms with Crippen LogP contribution in [0.15, 0.2) is 16.5 Å². The number of rotatable bonds is 7. The van der Waals surface area contributed by atoms with Gasteiger partial charge in [0.25, 0.3) is 5.91 Å². The highest BCUT2D eigenvalue weighted by molar-refractivity contribution is 7.89. The standard InChI is InChI=1S/C17H29NO4S/c1-12(2)7-10-15(17(3,4)5)18-16(19)14-9-8-13(22-14)11-23(6,20)21/h8-9,12,15H,7,10-11H2,1-6H3,(H,18,19). The fourth-order valence-electron chi connectivity index (χ4n) is 2.29. The second kappa shape index (κ2) is 7.51. The van der Waals surface area contributed by atoms with Crippen LogP contribution in [-0.2, 0) is 15.6 Å². The Labute approximate surface area is 139 Å². The summed E-state index contributed by atoms with van der Waals surface area (Å²) in [6, 6.07) is 3.09. The van der Waals surface area contributed by atoms with Crippen molar-refractivity contribution in [3.8, 4) is 0 Å². The molecule has 1 aromatic rings. The van der Waals surface area contributed by atoms with Gasteiger partial charge in [-0.15, -0.1) is 0 Å². The number of hydrogen-bond donors (Lipinski definition) is 1. The molecule has 0 aliphatic heterocycles. The van der Waals surface area contributed by atoms with Gasteiger partial charge in [-0.2, -0.15) is 0 Å². The molecule has 0 aromatic carbocycles. The molecule has 1 atom stereocenters. The zero-order valence-corrected chi connectivity index (χ0v) is 15.8. The molecule has 1 heterocycles. The summed E-state index contributed by atoms with van der Waals surface area (Å²) in [6.07, 6.45) is 3.06. The van der Waals surface area contributed by atoms with E-state index >= 15 is 0 Å². The minimum absolute atomic E-state index is 0.0286. The maximum absolute atomic E-state index is 12.4. The van der Waals surface area contributed by atoms with Gasteiger partial charge in [0.1, 0.15) is 11.5 Å². The van der Waals surface area contributed by atoms with Crippen LogP contribution in [0.1, 0.15) is 63.8 Å². The van der Waals surface area contributed by atoms with E-state index in [9.17, 15) is 13.2 Å². The van der Waals surface area contributed by atoms with Crippen molar-refractivity contribution < 1.29 is 17.6 Å². The fourth-order valence-corrected chi connectivity index (χ4v) is 2.96. The van der Waals surface area contributed by atoms with Gasteiger partial charge in [0, 0.05) is 12.3 Å². The van der Waals surface area contributed by atoms with E-state index < -0.39 is 9.84 Å². The Hall–Kier alpha value is -1.30. The van der Waals surface area contributed by atoms with Crippen LogP contribution in [0, 0.1) is 11.3 Å². The highest BCUT2D eigenvalue weighted by atomic mass is 32.2. The molecule has 1 unspecified atom stereocenters. The molecule has 1 amide bonds. The molecular formula is C17H29NO4S. The molecule has 0 bridgehead atoms. The van der Waals surface area contributed by atoms with Crippen LogP contribution >= 0.6 is 0 Å². The molecule has 0 aliphatic carbocycles. The first-order valence-electron chi connectivity index (χ1n) is 7.96. The minimum Gasteiger partial charge on any atom is -0.455 e. The Morgan fingerprint density at radius 2 is 1.83 bits per heavy atom. The fraction of sp³-hybridized carbons (Fsp3) is 0.706. The Morgan fingerprint density at radius 1 is 1.22 bits per heavy atom. The number of hydrogen-bond acceptors (Lipinski definition) is 4. The number of amides is 1. The van der Waals surface area contributed by atoms with Gasteiger partial charge in [-0.1, -0.05) is 34.6 Å². The van der Waals surface area contributed by atoms with Gasteiger partial charge in [-0.05, 0) is 36.3 Å². The predicted octanol–water partition coefficient (Wildman–Crippen LogP) is 3.40. The zero-order chi connectivity index (χ0) is 17.8. The first kappa shape index (κ1) is 19.7. The summed E-state index contributed by atoms with van der Waals surface area (Å²) in [5.74, 6) is 0.515. The molecule has 1 rings (SSSR count). The van der Waals surface area contributed by atoms with Crippen LogP contribution in [0.2, 0.25) is 0 Å². The van der Waals surface area contributed by atoms with Crippen LogP contribution in [0.5, 0.6) is 0 Å². The van der Waals surface area contributed by atoms with Crippen LogP contribution in [0.25, 0.3) is 0 Å². The maximum Gasteiger partial charge on any atom is 0.287 e. The normalized spacial score (nSPS) is 14.0. The molecule has 0 saturated heterocycles. The quantitative estimate of drug-likeness (QED) is 0.823. The summed E-state index contributed by atoms with van der Waals surface area (Å²) in [4.78, 5) is 12.4. The van der Waals surface area contributed by atoms with E-state index in [2.05, 4.69) is 39.9 Å². The molecule has 6 heteroatoms. The van der Waals surface area contributed by atoms with Crippen molar-refractivity contribution in [3.63, 3.8) is 0 Å². The lowest BCUT2D eigenvalue weighted by atomic mass is 9.83.